The number of halogens is 2. The molecule has 0 amide bonds. The summed E-state index contributed by atoms with van der Waals surface area (Å²) in [5.74, 6) is 0. The first kappa shape index (κ1) is 11.0. The molecule has 0 spiro atoms. The second-order valence-electron chi connectivity index (χ2n) is 1.89. The van der Waals surface area contributed by atoms with Crippen molar-refractivity contribution in [3.8, 4) is 0 Å². The van der Waals surface area contributed by atoms with E-state index in [1.54, 1.807) is 11.8 Å². The van der Waals surface area contributed by atoms with E-state index in [-0.39, 0.29) is 12.4 Å². The van der Waals surface area contributed by atoms with Crippen molar-refractivity contribution < 1.29 is 0 Å². The van der Waals surface area contributed by atoms with E-state index in [2.05, 4.69) is 0 Å². The van der Waals surface area contributed by atoms with Gasteiger partial charge in [-0.1, -0.05) is 11.6 Å². The van der Waals surface area contributed by atoms with E-state index in [0.29, 0.717) is 10.7 Å². The molecule has 0 aromatic heterocycles. The first-order chi connectivity index (χ1) is 4.74. The molecule has 0 heterocycles. The molecule has 1 rings (SSSR count). The number of rotatable bonds is 1. The summed E-state index contributed by atoms with van der Waals surface area (Å²) < 4.78 is 0. The van der Waals surface area contributed by atoms with E-state index in [4.69, 9.17) is 17.3 Å². The maximum Gasteiger partial charge on any atom is 0.0636 e. The van der Waals surface area contributed by atoms with Gasteiger partial charge in [0.2, 0.25) is 0 Å². The molecule has 0 fully saturated rings. The maximum atomic E-state index is 5.70. The normalized spacial score (nSPS) is 8.91. The van der Waals surface area contributed by atoms with Crippen LogP contribution in [-0.4, -0.2) is 6.26 Å². The predicted octanol–water partition coefficient (Wildman–Crippen LogP) is 3.07. The van der Waals surface area contributed by atoms with E-state index in [1.165, 1.54) is 0 Å². The lowest BCUT2D eigenvalue weighted by atomic mass is 10.3. The Kier molecular flexibility index (Phi) is 4.73. The minimum absolute atomic E-state index is 0. The number of nitrogen functional groups attached to an aromatic ring is 1. The molecule has 1 aromatic carbocycles. The van der Waals surface area contributed by atoms with Crippen molar-refractivity contribution in [2.24, 2.45) is 0 Å². The second-order valence-corrected chi connectivity index (χ2v) is 3.17. The number of benzene rings is 1. The summed E-state index contributed by atoms with van der Waals surface area (Å²) in [6.07, 6.45) is 2.00. The Morgan fingerprint density at radius 1 is 1.45 bits per heavy atom. The van der Waals surface area contributed by atoms with E-state index in [9.17, 15) is 0 Å². The number of hydrogen-bond donors (Lipinski definition) is 1. The second kappa shape index (κ2) is 4.75. The molecule has 0 radical (unpaired) electrons. The molecule has 2 N–H and O–H groups in total. The largest absolute Gasteiger partial charge is 0.397 e. The van der Waals surface area contributed by atoms with Crippen LogP contribution in [0.4, 0.5) is 5.69 Å². The summed E-state index contributed by atoms with van der Waals surface area (Å²) in [5, 5.41) is 0.623. The van der Waals surface area contributed by atoms with Gasteiger partial charge in [-0.05, 0) is 24.5 Å². The van der Waals surface area contributed by atoms with Gasteiger partial charge in [-0.3, -0.25) is 0 Å². The standard InChI is InChI=1S/C7H8ClNS.ClH/c1-10-5-2-3-6(8)7(9)4-5;/h2-4H,9H2,1H3;1H. The van der Waals surface area contributed by atoms with Gasteiger partial charge in [0.1, 0.15) is 0 Å². The fourth-order valence-corrected chi connectivity index (χ4v) is 1.22. The predicted molar refractivity (Wildman–Crippen MR) is 54.9 cm³/mol. The lowest BCUT2D eigenvalue weighted by Gasteiger charge is -1.99. The van der Waals surface area contributed by atoms with Crippen molar-refractivity contribution in [2.75, 3.05) is 12.0 Å². The van der Waals surface area contributed by atoms with E-state index >= 15 is 0 Å². The zero-order valence-electron chi connectivity index (χ0n) is 6.00. The van der Waals surface area contributed by atoms with Gasteiger partial charge in [0.05, 0.1) is 10.7 Å². The third kappa shape index (κ3) is 2.81. The Bertz CT molecular complexity index is 240. The van der Waals surface area contributed by atoms with Crippen LogP contribution in [0.15, 0.2) is 23.1 Å². The van der Waals surface area contributed by atoms with E-state index in [0.717, 1.165) is 4.90 Å². The van der Waals surface area contributed by atoms with Gasteiger partial charge in [-0.25, -0.2) is 0 Å². The summed E-state index contributed by atoms with van der Waals surface area (Å²) in [4.78, 5) is 1.14. The van der Waals surface area contributed by atoms with Gasteiger partial charge < -0.3 is 5.73 Å². The maximum absolute atomic E-state index is 5.70. The quantitative estimate of drug-likeness (QED) is 0.569. The van der Waals surface area contributed by atoms with Crippen LogP contribution in [0.3, 0.4) is 0 Å². The number of hydrogen-bond acceptors (Lipinski definition) is 2. The summed E-state index contributed by atoms with van der Waals surface area (Å²) in [5.41, 5.74) is 6.20. The van der Waals surface area contributed by atoms with Gasteiger partial charge in [0, 0.05) is 4.90 Å². The topological polar surface area (TPSA) is 26.0 Å². The molecular weight excluding hydrogens is 201 g/mol. The molecule has 0 saturated heterocycles. The van der Waals surface area contributed by atoms with Gasteiger partial charge in [0.15, 0.2) is 0 Å². The van der Waals surface area contributed by atoms with Gasteiger partial charge in [0.25, 0.3) is 0 Å². The van der Waals surface area contributed by atoms with Crippen LogP contribution in [-0.2, 0) is 0 Å². The highest BCUT2D eigenvalue weighted by Crippen LogP contribution is 2.24. The van der Waals surface area contributed by atoms with Crippen LogP contribution < -0.4 is 5.73 Å². The third-order valence-corrected chi connectivity index (χ3v) is 2.27. The van der Waals surface area contributed by atoms with Crippen molar-refractivity contribution in [1.82, 2.24) is 0 Å². The molecule has 0 bridgehead atoms. The Morgan fingerprint density at radius 3 is 2.55 bits per heavy atom. The summed E-state index contributed by atoms with van der Waals surface area (Å²) >= 11 is 7.36. The van der Waals surface area contributed by atoms with Crippen LogP contribution >= 0.6 is 35.8 Å². The molecule has 11 heavy (non-hydrogen) atoms. The van der Waals surface area contributed by atoms with Crippen molar-refractivity contribution >= 4 is 41.5 Å². The smallest absolute Gasteiger partial charge is 0.0636 e. The molecule has 0 aliphatic heterocycles. The van der Waals surface area contributed by atoms with Crippen LogP contribution in [0, 0.1) is 0 Å². The van der Waals surface area contributed by atoms with Crippen LogP contribution in [0.2, 0.25) is 5.02 Å². The van der Waals surface area contributed by atoms with Crippen LogP contribution in [0.25, 0.3) is 0 Å². The van der Waals surface area contributed by atoms with Gasteiger partial charge in [-0.15, -0.1) is 24.2 Å². The molecule has 0 saturated carbocycles. The first-order valence-corrected chi connectivity index (χ1v) is 4.43. The zero-order chi connectivity index (χ0) is 7.56. The van der Waals surface area contributed by atoms with Gasteiger partial charge in [-0.2, -0.15) is 0 Å². The van der Waals surface area contributed by atoms with Crippen molar-refractivity contribution in [3.05, 3.63) is 23.2 Å². The van der Waals surface area contributed by atoms with Crippen molar-refractivity contribution in [2.45, 2.75) is 4.90 Å². The summed E-state index contributed by atoms with van der Waals surface area (Å²) in [6.45, 7) is 0. The van der Waals surface area contributed by atoms with Gasteiger partial charge >= 0.3 is 0 Å². The van der Waals surface area contributed by atoms with E-state index < -0.39 is 0 Å². The molecule has 0 atom stereocenters. The molecule has 1 nitrogen and oxygen atoms in total. The number of thioether (sulfide) groups is 1. The average Bonchev–Trinajstić information content (AvgIpc) is 1.95. The van der Waals surface area contributed by atoms with Crippen molar-refractivity contribution in [1.29, 1.82) is 0 Å². The highest BCUT2D eigenvalue weighted by molar-refractivity contribution is 7.98. The molecular formula is C7H9Cl2NS. The Morgan fingerprint density at radius 2 is 2.09 bits per heavy atom. The molecule has 0 aliphatic carbocycles. The SMILES string of the molecule is CSc1ccc(Cl)c(N)c1.Cl. The molecule has 0 aliphatic rings. The Hall–Kier alpha value is -0.0500. The lowest BCUT2D eigenvalue weighted by Crippen LogP contribution is -1.85. The lowest BCUT2D eigenvalue weighted by molar-refractivity contribution is 1.47. The highest BCUT2D eigenvalue weighted by Gasteiger charge is 1.95. The fraction of sp³-hybridized carbons (Fsp3) is 0.143. The molecule has 1 aromatic rings. The minimum Gasteiger partial charge on any atom is -0.397 e. The summed E-state index contributed by atoms with van der Waals surface area (Å²) in [7, 11) is 0. The first-order valence-electron chi connectivity index (χ1n) is 2.83. The minimum atomic E-state index is 0. The third-order valence-electron chi connectivity index (χ3n) is 1.20. The number of anilines is 1. The number of nitrogens with two attached hydrogens (primary N) is 1. The molecule has 0 unspecified atom stereocenters. The Balaban J connectivity index is 0.000001000. The van der Waals surface area contributed by atoms with E-state index in [1.807, 2.05) is 24.5 Å². The average molecular weight is 210 g/mol. The zero-order valence-corrected chi connectivity index (χ0v) is 8.39. The highest BCUT2D eigenvalue weighted by atomic mass is 35.5. The molecule has 62 valence electrons. The van der Waals surface area contributed by atoms with Crippen molar-refractivity contribution in [3.63, 3.8) is 0 Å². The monoisotopic (exact) mass is 209 g/mol. The molecule has 4 heteroatoms. The fourth-order valence-electron chi connectivity index (χ4n) is 0.649. The van der Waals surface area contributed by atoms with Crippen LogP contribution in [0.5, 0.6) is 0 Å². The summed E-state index contributed by atoms with van der Waals surface area (Å²) in [6, 6.07) is 5.62. The van der Waals surface area contributed by atoms with Crippen LogP contribution in [0.1, 0.15) is 0 Å². The Labute approximate surface area is 81.7 Å².